The number of nitrogens with one attached hydrogen (secondary N) is 4. The molecule has 0 saturated carbocycles. The number of hydrogen-bond acceptors (Lipinski definition) is 3. The third kappa shape index (κ3) is 11.1. The topological polar surface area (TPSA) is 103 Å². The lowest BCUT2D eigenvalue weighted by atomic mass is 10.1. The summed E-state index contributed by atoms with van der Waals surface area (Å²) in [5.74, 6) is -0.650. The lowest BCUT2D eigenvalue weighted by Gasteiger charge is -2.11. The summed E-state index contributed by atoms with van der Waals surface area (Å²) in [5, 5.41) is 8.79. The first-order chi connectivity index (χ1) is 18.4. The molecule has 0 spiro atoms. The monoisotopic (exact) mass is 514 g/mol. The molecule has 3 aromatic carbocycles. The van der Waals surface area contributed by atoms with Gasteiger partial charge in [-0.1, -0.05) is 85.8 Å². The van der Waals surface area contributed by atoms with Crippen LogP contribution in [0.2, 0.25) is 0 Å². The molecule has 0 unspecified atom stereocenters. The number of hydrogen-bond donors (Lipinski definition) is 4. The second-order valence-electron chi connectivity index (χ2n) is 8.67. The van der Waals surface area contributed by atoms with E-state index in [1.165, 1.54) is 29.0 Å². The lowest BCUT2D eigenvalue weighted by molar-refractivity contribution is -0.127. The highest BCUT2D eigenvalue weighted by Crippen LogP contribution is 2.15. The molecular formula is C31H38N4O3. The fraction of sp³-hybridized carbons (Fsp3) is 0.258. The predicted molar refractivity (Wildman–Crippen MR) is 154 cm³/mol. The smallest absolute Gasteiger partial charge is 0.242 e. The number of carbonyl (C=O) groups excluding carboxylic acids is 3. The Morgan fingerprint density at radius 3 is 2.05 bits per heavy atom. The maximum Gasteiger partial charge on any atom is 0.242 e. The van der Waals surface area contributed by atoms with Gasteiger partial charge in [-0.2, -0.15) is 0 Å². The van der Waals surface area contributed by atoms with Crippen LogP contribution >= 0.6 is 0 Å². The molecule has 4 N–H and O–H groups in total. The summed E-state index contributed by atoms with van der Waals surface area (Å²) in [6.07, 6.45) is 4.36. The van der Waals surface area contributed by atoms with Gasteiger partial charge in [0.15, 0.2) is 0 Å². The van der Waals surface area contributed by atoms with Crippen molar-refractivity contribution in [1.82, 2.24) is 20.9 Å². The van der Waals surface area contributed by atoms with Crippen LogP contribution in [0.4, 0.5) is 0 Å². The first-order valence-electron chi connectivity index (χ1n) is 12.8. The van der Waals surface area contributed by atoms with Crippen molar-refractivity contribution in [2.75, 3.05) is 13.1 Å². The van der Waals surface area contributed by atoms with E-state index >= 15 is 0 Å². The van der Waals surface area contributed by atoms with Gasteiger partial charge in [0.25, 0.3) is 0 Å². The summed E-state index contributed by atoms with van der Waals surface area (Å²) in [6.45, 7) is 6.23. The van der Waals surface area contributed by atoms with E-state index in [9.17, 15) is 14.4 Å². The lowest BCUT2D eigenvalue weighted by Crippen LogP contribution is -2.45. The van der Waals surface area contributed by atoms with Gasteiger partial charge in [0.05, 0.1) is 6.54 Å². The van der Waals surface area contributed by atoms with Gasteiger partial charge in [0, 0.05) is 23.6 Å². The molecule has 200 valence electrons. The standard InChI is InChI=1S/C14H19N3O3.C9H9N.C8H10/c1-11(17-10-18)14(20)16-9-13(19)15-8-7-12-5-3-2-4-6-12;1-7-6-10-9-5-3-2-4-8(7)9;1-2-8-6-4-3-5-7-8/h2-6,10-11H,7-9H2,1H3,(H,15,19)(H,16,20)(H,17,18);2-6,10H,1H3;3-7H,2H2,1H3/t11-;;/m0../s1. The van der Waals surface area contributed by atoms with Crippen LogP contribution in [0.25, 0.3) is 10.9 Å². The van der Waals surface area contributed by atoms with E-state index in [4.69, 9.17) is 0 Å². The van der Waals surface area contributed by atoms with Crippen molar-refractivity contribution >= 4 is 29.1 Å². The van der Waals surface area contributed by atoms with Crippen molar-refractivity contribution in [2.45, 2.75) is 39.7 Å². The SMILES string of the molecule is CCc1ccccc1.C[C@H](NC=O)C(=O)NCC(=O)NCCc1ccccc1.Cc1c[nH]c2ccccc12. The third-order valence-electron chi connectivity index (χ3n) is 5.76. The molecule has 3 amide bonds. The van der Waals surface area contributed by atoms with E-state index in [1.807, 2.05) is 48.7 Å². The number of benzene rings is 3. The normalized spacial score (nSPS) is 10.6. The molecular weight excluding hydrogens is 476 g/mol. The van der Waals surface area contributed by atoms with Crippen LogP contribution in [0.15, 0.2) is 91.1 Å². The molecule has 0 aliphatic heterocycles. The summed E-state index contributed by atoms with van der Waals surface area (Å²) in [6, 6.07) is 27.9. The zero-order chi connectivity index (χ0) is 27.6. The number of carbonyl (C=O) groups is 3. The van der Waals surface area contributed by atoms with Crippen LogP contribution < -0.4 is 16.0 Å². The Bertz CT molecular complexity index is 1240. The molecule has 0 bridgehead atoms. The van der Waals surface area contributed by atoms with E-state index < -0.39 is 11.9 Å². The summed E-state index contributed by atoms with van der Waals surface area (Å²) < 4.78 is 0. The van der Waals surface area contributed by atoms with Crippen molar-refractivity contribution < 1.29 is 14.4 Å². The van der Waals surface area contributed by atoms with E-state index in [2.05, 4.69) is 77.2 Å². The fourth-order valence-electron chi connectivity index (χ4n) is 3.48. The molecule has 7 heteroatoms. The van der Waals surface area contributed by atoms with Gasteiger partial charge in [-0.15, -0.1) is 0 Å². The van der Waals surface area contributed by atoms with Gasteiger partial charge in [-0.3, -0.25) is 14.4 Å². The van der Waals surface area contributed by atoms with E-state index in [-0.39, 0.29) is 12.5 Å². The number of fused-ring (bicyclic) bond motifs is 1. The van der Waals surface area contributed by atoms with Gasteiger partial charge in [0.2, 0.25) is 18.2 Å². The number of aromatic nitrogens is 1. The second-order valence-corrected chi connectivity index (χ2v) is 8.67. The predicted octanol–water partition coefficient (Wildman–Crippen LogP) is 4.32. The van der Waals surface area contributed by atoms with Crippen molar-refractivity contribution in [3.63, 3.8) is 0 Å². The van der Waals surface area contributed by atoms with Crippen molar-refractivity contribution in [3.8, 4) is 0 Å². The van der Waals surface area contributed by atoms with E-state index in [1.54, 1.807) is 0 Å². The summed E-state index contributed by atoms with van der Waals surface area (Å²) in [4.78, 5) is 36.3. The zero-order valence-corrected chi connectivity index (χ0v) is 22.4. The highest BCUT2D eigenvalue weighted by Gasteiger charge is 2.12. The van der Waals surface area contributed by atoms with Gasteiger partial charge in [-0.25, -0.2) is 0 Å². The Morgan fingerprint density at radius 2 is 1.47 bits per heavy atom. The number of para-hydroxylation sites is 1. The van der Waals surface area contributed by atoms with Gasteiger partial charge >= 0.3 is 0 Å². The highest BCUT2D eigenvalue weighted by molar-refractivity contribution is 5.88. The molecule has 1 aromatic heterocycles. The van der Waals surface area contributed by atoms with Gasteiger partial charge in [-0.05, 0) is 49.4 Å². The molecule has 4 aromatic rings. The number of aryl methyl sites for hydroxylation is 2. The zero-order valence-electron chi connectivity index (χ0n) is 22.4. The highest BCUT2D eigenvalue weighted by atomic mass is 16.2. The number of rotatable bonds is 9. The number of amides is 3. The quantitative estimate of drug-likeness (QED) is 0.250. The average Bonchev–Trinajstić information content (AvgIpc) is 3.34. The largest absolute Gasteiger partial charge is 0.361 e. The van der Waals surface area contributed by atoms with Gasteiger partial charge < -0.3 is 20.9 Å². The Morgan fingerprint density at radius 1 is 0.868 bits per heavy atom. The molecule has 0 aliphatic rings. The fourth-order valence-corrected chi connectivity index (χ4v) is 3.48. The molecule has 0 aliphatic carbocycles. The molecule has 1 atom stereocenters. The molecule has 38 heavy (non-hydrogen) atoms. The number of aromatic amines is 1. The molecule has 0 radical (unpaired) electrons. The summed E-state index contributed by atoms with van der Waals surface area (Å²) in [7, 11) is 0. The minimum Gasteiger partial charge on any atom is -0.361 e. The second kappa shape index (κ2) is 17.1. The van der Waals surface area contributed by atoms with Crippen LogP contribution in [-0.4, -0.2) is 42.3 Å². The molecule has 4 rings (SSSR count). The van der Waals surface area contributed by atoms with Crippen LogP contribution in [-0.2, 0) is 27.2 Å². The first kappa shape index (κ1) is 29.8. The molecule has 7 nitrogen and oxygen atoms in total. The minimum absolute atomic E-state index is 0.0987. The summed E-state index contributed by atoms with van der Waals surface area (Å²) >= 11 is 0. The molecule has 0 saturated heterocycles. The van der Waals surface area contributed by atoms with Gasteiger partial charge in [0.1, 0.15) is 6.04 Å². The van der Waals surface area contributed by atoms with Crippen molar-refractivity contribution in [3.05, 3.63) is 108 Å². The van der Waals surface area contributed by atoms with Crippen LogP contribution in [0, 0.1) is 6.92 Å². The number of H-pyrrole nitrogens is 1. The molecule has 0 fully saturated rings. The third-order valence-corrected chi connectivity index (χ3v) is 5.76. The Hall–Kier alpha value is -4.39. The maximum absolute atomic E-state index is 11.5. The maximum atomic E-state index is 11.5. The molecule has 1 heterocycles. The van der Waals surface area contributed by atoms with Crippen LogP contribution in [0.5, 0.6) is 0 Å². The van der Waals surface area contributed by atoms with E-state index in [0.29, 0.717) is 13.0 Å². The van der Waals surface area contributed by atoms with E-state index in [0.717, 1.165) is 18.4 Å². The average molecular weight is 515 g/mol. The van der Waals surface area contributed by atoms with Crippen molar-refractivity contribution in [2.24, 2.45) is 0 Å². The summed E-state index contributed by atoms with van der Waals surface area (Å²) in [5.41, 5.74) is 5.09. The van der Waals surface area contributed by atoms with Crippen molar-refractivity contribution in [1.29, 1.82) is 0 Å². The Balaban J connectivity index is 0.000000230. The van der Waals surface area contributed by atoms with Crippen LogP contribution in [0.1, 0.15) is 30.5 Å². The minimum atomic E-state index is -0.649. The Kier molecular flexibility index (Phi) is 13.5. The Labute approximate surface area is 225 Å². The van der Waals surface area contributed by atoms with Crippen LogP contribution in [0.3, 0.4) is 0 Å². The first-order valence-corrected chi connectivity index (χ1v) is 12.8.